The van der Waals surface area contributed by atoms with Crippen molar-refractivity contribution in [1.29, 1.82) is 0 Å². The van der Waals surface area contributed by atoms with Gasteiger partial charge in [-0.15, -0.1) is 0 Å². The summed E-state index contributed by atoms with van der Waals surface area (Å²) in [6.07, 6.45) is -0.0986. The fourth-order valence-electron chi connectivity index (χ4n) is 1.41. The van der Waals surface area contributed by atoms with Crippen LogP contribution in [0.15, 0.2) is 18.3 Å². The number of nitrogens with one attached hydrogen (secondary N) is 1. The molecule has 0 bridgehead atoms. The molecule has 0 unspecified atom stereocenters. The Morgan fingerprint density at radius 3 is 2.89 bits per heavy atom. The van der Waals surface area contributed by atoms with E-state index in [9.17, 15) is 13.6 Å². The summed E-state index contributed by atoms with van der Waals surface area (Å²) in [6, 6.07) is 3.31. The minimum absolute atomic E-state index is 0.166. The zero-order valence-corrected chi connectivity index (χ0v) is 10.5. The Morgan fingerprint density at radius 2 is 2.28 bits per heavy atom. The summed E-state index contributed by atoms with van der Waals surface area (Å²) < 4.78 is 24.4. The predicted octanol–water partition coefficient (Wildman–Crippen LogP) is 2.24. The number of hydrogen-bond donors (Lipinski definition) is 1. The second-order valence-corrected chi connectivity index (χ2v) is 3.93. The molecule has 6 heteroatoms. The molecule has 4 nitrogen and oxygen atoms in total. The van der Waals surface area contributed by atoms with Crippen LogP contribution in [-0.2, 0) is 0 Å². The molecule has 1 N–H and O–H groups in total. The van der Waals surface area contributed by atoms with Crippen LogP contribution in [0.25, 0.3) is 0 Å². The first kappa shape index (κ1) is 14.3. The molecule has 0 fully saturated rings. The number of carbonyl (C=O) groups excluding carboxylic acids is 1. The van der Waals surface area contributed by atoms with Crippen LogP contribution in [0.4, 0.5) is 14.5 Å². The van der Waals surface area contributed by atoms with Gasteiger partial charge in [-0.1, -0.05) is 6.92 Å². The third-order valence-corrected chi connectivity index (χ3v) is 2.32. The number of rotatable bonds is 6. The first-order chi connectivity index (χ1) is 8.54. The largest absolute Gasteiger partial charge is 0.385 e. The van der Waals surface area contributed by atoms with Crippen LogP contribution < -0.4 is 5.32 Å². The second kappa shape index (κ2) is 6.88. The normalized spacial score (nSPS) is 10.5. The average molecular weight is 257 g/mol. The summed E-state index contributed by atoms with van der Waals surface area (Å²) in [5, 5.41) is 3.11. The molecule has 0 aliphatic rings. The maximum Gasteiger partial charge on any atom is 0.272 e. The van der Waals surface area contributed by atoms with Gasteiger partial charge in [0.05, 0.1) is 6.54 Å². The maximum atomic E-state index is 12.2. The summed E-state index contributed by atoms with van der Waals surface area (Å²) in [5.41, 5.74) is 0.930. The van der Waals surface area contributed by atoms with Gasteiger partial charge in [0.25, 0.3) is 12.3 Å². The number of aromatic nitrogens is 1. The van der Waals surface area contributed by atoms with E-state index in [-0.39, 0.29) is 5.69 Å². The molecule has 18 heavy (non-hydrogen) atoms. The number of halogens is 2. The summed E-state index contributed by atoms with van der Waals surface area (Å²) in [4.78, 5) is 16.7. The maximum absolute atomic E-state index is 12.2. The molecule has 0 atom stereocenters. The number of anilines is 1. The second-order valence-electron chi connectivity index (χ2n) is 3.93. The van der Waals surface area contributed by atoms with Gasteiger partial charge in [-0.05, 0) is 18.6 Å². The van der Waals surface area contributed by atoms with E-state index in [1.54, 1.807) is 12.1 Å². The van der Waals surface area contributed by atoms with Gasteiger partial charge in [0.2, 0.25) is 0 Å². The number of pyridine rings is 1. The van der Waals surface area contributed by atoms with Crippen molar-refractivity contribution in [2.45, 2.75) is 19.8 Å². The molecule has 0 aliphatic carbocycles. The summed E-state index contributed by atoms with van der Waals surface area (Å²) in [7, 11) is 1.34. The topological polar surface area (TPSA) is 45.2 Å². The highest BCUT2D eigenvalue weighted by Crippen LogP contribution is 2.10. The van der Waals surface area contributed by atoms with E-state index in [2.05, 4.69) is 10.3 Å². The Hall–Kier alpha value is -1.72. The lowest BCUT2D eigenvalue weighted by Crippen LogP contribution is -2.31. The van der Waals surface area contributed by atoms with Crippen molar-refractivity contribution >= 4 is 11.6 Å². The van der Waals surface area contributed by atoms with Crippen LogP contribution in [0.3, 0.4) is 0 Å². The molecular weight excluding hydrogens is 240 g/mol. The quantitative estimate of drug-likeness (QED) is 0.850. The highest BCUT2D eigenvalue weighted by atomic mass is 19.3. The first-order valence-corrected chi connectivity index (χ1v) is 5.78. The van der Waals surface area contributed by atoms with Crippen molar-refractivity contribution < 1.29 is 13.6 Å². The lowest BCUT2D eigenvalue weighted by Gasteiger charge is -2.16. The summed E-state index contributed by atoms with van der Waals surface area (Å²) >= 11 is 0. The van der Waals surface area contributed by atoms with E-state index in [1.165, 1.54) is 13.2 Å². The third kappa shape index (κ3) is 4.27. The summed E-state index contributed by atoms with van der Waals surface area (Å²) in [5.74, 6) is -0.504. The van der Waals surface area contributed by atoms with Gasteiger partial charge in [0.1, 0.15) is 5.69 Å². The smallest absolute Gasteiger partial charge is 0.272 e. The van der Waals surface area contributed by atoms with Gasteiger partial charge in [0.15, 0.2) is 0 Å². The summed E-state index contributed by atoms with van der Waals surface area (Å²) in [6.45, 7) is 2.22. The van der Waals surface area contributed by atoms with Crippen LogP contribution in [0.2, 0.25) is 0 Å². The van der Waals surface area contributed by atoms with Crippen LogP contribution in [0, 0.1) is 0 Å². The van der Waals surface area contributed by atoms with Gasteiger partial charge in [-0.2, -0.15) is 0 Å². The molecule has 0 saturated heterocycles. The van der Waals surface area contributed by atoms with Crippen LogP contribution in [0.5, 0.6) is 0 Å². The molecule has 1 aromatic rings. The SMILES string of the molecule is CCCNc1ccnc(C(=O)N(C)CC(F)F)c1. The number of hydrogen-bond acceptors (Lipinski definition) is 3. The molecule has 0 aliphatic heterocycles. The van der Waals surface area contributed by atoms with E-state index in [0.29, 0.717) is 0 Å². The Morgan fingerprint density at radius 1 is 1.56 bits per heavy atom. The van der Waals surface area contributed by atoms with Gasteiger partial charge >= 0.3 is 0 Å². The van der Waals surface area contributed by atoms with E-state index in [1.807, 2.05) is 6.92 Å². The van der Waals surface area contributed by atoms with Crippen LogP contribution >= 0.6 is 0 Å². The molecular formula is C12H17F2N3O. The minimum Gasteiger partial charge on any atom is -0.385 e. The van der Waals surface area contributed by atoms with E-state index in [4.69, 9.17) is 0 Å². The molecule has 0 saturated carbocycles. The highest BCUT2D eigenvalue weighted by molar-refractivity contribution is 5.92. The van der Waals surface area contributed by atoms with Crippen LogP contribution in [-0.4, -0.2) is 42.4 Å². The molecule has 1 aromatic heterocycles. The van der Waals surface area contributed by atoms with Gasteiger partial charge in [0, 0.05) is 25.5 Å². The van der Waals surface area contributed by atoms with E-state index < -0.39 is 18.9 Å². The molecule has 0 radical (unpaired) electrons. The predicted molar refractivity (Wildman–Crippen MR) is 66.0 cm³/mol. The molecule has 1 heterocycles. The van der Waals surface area contributed by atoms with Crippen molar-refractivity contribution in [2.75, 3.05) is 25.5 Å². The third-order valence-electron chi connectivity index (χ3n) is 2.32. The van der Waals surface area contributed by atoms with Crippen molar-refractivity contribution in [3.8, 4) is 0 Å². The lowest BCUT2D eigenvalue weighted by atomic mass is 10.3. The Labute approximate surface area is 105 Å². The lowest BCUT2D eigenvalue weighted by molar-refractivity contribution is 0.0615. The molecule has 1 rings (SSSR count). The number of nitrogens with zero attached hydrogens (tertiary/aromatic N) is 2. The Kier molecular flexibility index (Phi) is 5.48. The number of alkyl halides is 2. The van der Waals surface area contributed by atoms with Gasteiger partial charge < -0.3 is 10.2 Å². The minimum atomic E-state index is -2.54. The fourth-order valence-corrected chi connectivity index (χ4v) is 1.41. The first-order valence-electron chi connectivity index (χ1n) is 5.78. The van der Waals surface area contributed by atoms with Crippen molar-refractivity contribution in [3.63, 3.8) is 0 Å². The van der Waals surface area contributed by atoms with Crippen molar-refractivity contribution in [2.24, 2.45) is 0 Å². The molecule has 100 valence electrons. The van der Waals surface area contributed by atoms with Crippen molar-refractivity contribution in [3.05, 3.63) is 24.0 Å². The standard InChI is InChI=1S/C12H17F2N3O/c1-3-5-15-9-4-6-16-10(7-9)12(18)17(2)8-11(13)14/h4,6-7,11H,3,5,8H2,1-2H3,(H,15,16). The Bertz CT molecular complexity index is 399. The van der Waals surface area contributed by atoms with Crippen molar-refractivity contribution in [1.82, 2.24) is 9.88 Å². The number of amides is 1. The van der Waals surface area contributed by atoms with E-state index >= 15 is 0 Å². The highest BCUT2D eigenvalue weighted by Gasteiger charge is 2.17. The van der Waals surface area contributed by atoms with Gasteiger partial charge in [-0.3, -0.25) is 9.78 Å². The zero-order chi connectivity index (χ0) is 13.5. The molecule has 0 spiro atoms. The monoisotopic (exact) mass is 257 g/mol. The van der Waals surface area contributed by atoms with Gasteiger partial charge in [-0.25, -0.2) is 8.78 Å². The van der Waals surface area contributed by atoms with Crippen LogP contribution in [0.1, 0.15) is 23.8 Å². The average Bonchev–Trinajstić information content (AvgIpc) is 2.35. The fraction of sp³-hybridized carbons (Fsp3) is 0.500. The number of carbonyl (C=O) groups is 1. The zero-order valence-electron chi connectivity index (χ0n) is 10.5. The molecule has 0 aromatic carbocycles. The molecule has 1 amide bonds. The Balaban J connectivity index is 2.73. The van der Waals surface area contributed by atoms with E-state index in [0.717, 1.165) is 23.6 Å².